The molecule has 2 unspecified atom stereocenters. The van der Waals surface area contributed by atoms with Crippen LogP contribution in [0.1, 0.15) is 19.8 Å². The number of carbonyl (C=O) groups excluding carboxylic acids is 1. The molecule has 3 heteroatoms. The molecule has 74 valence electrons. The van der Waals surface area contributed by atoms with Crippen LogP contribution in [0.15, 0.2) is 0 Å². The molecule has 2 fully saturated rings. The van der Waals surface area contributed by atoms with Crippen molar-refractivity contribution in [3.63, 3.8) is 0 Å². The topological polar surface area (TPSA) is 32.3 Å². The fourth-order valence-electron chi connectivity index (χ4n) is 2.35. The Morgan fingerprint density at radius 2 is 2.46 bits per heavy atom. The number of nitrogens with zero attached hydrogens (tertiary/aromatic N) is 1. The smallest absolute Gasteiger partial charge is 0.226 e. The minimum Gasteiger partial charge on any atom is -0.346 e. The van der Waals surface area contributed by atoms with Crippen molar-refractivity contribution >= 4 is 5.91 Å². The molecule has 1 aliphatic carbocycles. The van der Waals surface area contributed by atoms with E-state index < -0.39 is 0 Å². The zero-order valence-electron chi connectivity index (χ0n) is 8.47. The highest BCUT2D eigenvalue weighted by atomic mass is 16.2. The van der Waals surface area contributed by atoms with Crippen molar-refractivity contribution in [1.82, 2.24) is 10.2 Å². The van der Waals surface area contributed by atoms with Gasteiger partial charge in [-0.3, -0.25) is 4.79 Å². The zero-order chi connectivity index (χ0) is 9.47. The van der Waals surface area contributed by atoms with Gasteiger partial charge in [-0.2, -0.15) is 0 Å². The van der Waals surface area contributed by atoms with Gasteiger partial charge < -0.3 is 10.2 Å². The van der Waals surface area contributed by atoms with Crippen LogP contribution >= 0.6 is 0 Å². The second kappa shape index (κ2) is 2.98. The Labute approximate surface area is 79.5 Å². The van der Waals surface area contributed by atoms with Gasteiger partial charge in [0.15, 0.2) is 0 Å². The van der Waals surface area contributed by atoms with E-state index in [4.69, 9.17) is 0 Å². The van der Waals surface area contributed by atoms with Gasteiger partial charge in [0.2, 0.25) is 5.91 Å². The average Bonchev–Trinajstić information content (AvgIpc) is 2.62. The summed E-state index contributed by atoms with van der Waals surface area (Å²) in [6.45, 7) is 5.01. The van der Waals surface area contributed by atoms with Gasteiger partial charge in [0.25, 0.3) is 0 Å². The second-order valence-corrected chi connectivity index (χ2v) is 4.40. The molecule has 1 N–H and O–H groups in total. The highest BCUT2D eigenvalue weighted by Gasteiger charge is 2.59. The molecule has 1 aliphatic heterocycles. The third kappa shape index (κ3) is 1.35. The van der Waals surface area contributed by atoms with Crippen molar-refractivity contribution in [2.45, 2.75) is 19.8 Å². The van der Waals surface area contributed by atoms with Crippen molar-refractivity contribution in [1.29, 1.82) is 0 Å². The van der Waals surface area contributed by atoms with Crippen molar-refractivity contribution in [2.75, 3.05) is 26.7 Å². The molecule has 0 aromatic rings. The molecule has 2 aliphatic rings. The maximum atomic E-state index is 11.8. The predicted molar refractivity (Wildman–Crippen MR) is 51.3 cm³/mol. The Balaban J connectivity index is 1.94. The van der Waals surface area contributed by atoms with Crippen LogP contribution in [0, 0.1) is 11.3 Å². The normalized spacial score (nSPS) is 36.6. The van der Waals surface area contributed by atoms with Crippen LogP contribution in [0.4, 0.5) is 0 Å². The van der Waals surface area contributed by atoms with E-state index in [-0.39, 0.29) is 0 Å². The lowest BCUT2D eigenvalue weighted by molar-refractivity contribution is -0.131. The first-order valence-corrected chi connectivity index (χ1v) is 5.15. The van der Waals surface area contributed by atoms with Gasteiger partial charge in [-0.15, -0.1) is 0 Å². The van der Waals surface area contributed by atoms with Gasteiger partial charge in [-0.1, -0.05) is 0 Å². The van der Waals surface area contributed by atoms with Crippen LogP contribution in [0.2, 0.25) is 0 Å². The van der Waals surface area contributed by atoms with Crippen LogP contribution in [-0.4, -0.2) is 37.5 Å². The molecule has 2 rings (SSSR count). The molecule has 0 bridgehead atoms. The molecule has 2 atom stereocenters. The van der Waals surface area contributed by atoms with Gasteiger partial charge >= 0.3 is 0 Å². The third-order valence-corrected chi connectivity index (χ3v) is 3.62. The summed E-state index contributed by atoms with van der Waals surface area (Å²) in [4.78, 5) is 13.6. The largest absolute Gasteiger partial charge is 0.346 e. The van der Waals surface area contributed by atoms with E-state index in [0.29, 0.717) is 17.2 Å². The first kappa shape index (κ1) is 9.00. The lowest BCUT2D eigenvalue weighted by Crippen LogP contribution is -2.30. The van der Waals surface area contributed by atoms with Crippen LogP contribution in [0.5, 0.6) is 0 Å². The fourth-order valence-corrected chi connectivity index (χ4v) is 2.35. The first-order chi connectivity index (χ1) is 6.19. The van der Waals surface area contributed by atoms with Crippen molar-refractivity contribution in [2.24, 2.45) is 11.3 Å². The van der Waals surface area contributed by atoms with E-state index in [1.807, 2.05) is 18.9 Å². The zero-order valence-corrected chi connectivity index (χ0v) is 8.47. The lowest BCUT2D eigenvalue weighted by atomic mass is 10.0. The van der Waals surface area contributed by atoms with Crippen molar-refractivity contribution < 1.29 is 4.79 Å². The Hall–Kier alpha value is -0.570. The monoisotopic (exact) mass is 182 g/mol. The Bertz CT molecular complexity index is 221. The van der Waals surface area contributed by atoms with E-state index in [1.54, 1.807) is 0 Å². The quantitative estimate of drug-likeness (QED) is 0.673. The summed E-state index contributed by atoms with van der Waals surface area (Å²) in [7, 11) is 1.90. The third-order valence-electron chi connectivity index (χ3n) is 3.62. The molecular formula is C10H18N2O. The molecule has 1 saturated carbocycles. The summed E-state index contributed by atoms with van der Waals surface area (Å²) in [5, 5.41) is 3.35. The van der Waals surface area contributed by atoms with E-state index in [0.717, 1.165) is 26.1 Å². The van der Waals surface area contributed by atoms with Gasteiger partial charge in [-0.05, 0) is 31.7 Å². The molecule has 13 heavy (non-hydrogen) atoms. The molecule has 1 heterocycles. The molecule has 0 aromatic carbocycles. The van der Waals surface area contributed by atoms with Crippen LogP contribution in [0.3, 0.4) is 0 Å². The summed E-state index contributed by atoms with van der Waals surface area (Å²) >= 11 is 0. The summed E-state index contributed by atoms with van der Waals surface area (Å²) in [5.74, 6) is 0.679. The minimum absolute atomic E-state index is 0.326. The summed E-state index contributed by atoms with van der Waals surface area (Å²) in [5.41, 5.74) is 0.362. The molecule has 3 nitrogen and oxygen atoms in total. The summed E-state index contributed by atoms with van der Waals surface area (Å²) < 4.78 is 0. The fraction of sp³-hybridized carbons (Fsp3) is 0.900. The van der Waals surface area contributed by atoms with Gasteiger partial charge in [0, 0.05) is 26.1 Å². The van der Waals surface area contributed by atoms with Crippen LogP contribution in [-0.2, 0) is 4.79 Å². The number of carbonyl (C=O) groups is 1. The molecule has 1 spiro atoms. The van der Waals surface area contributed by atoms with Gasteiger partial charge in [0.05, 0.1) is 0 Å². The number of hydrogen-bond donors (Lipinski definition) is 1. The SMILES string of the molecule is CCN(C)C(=O)C1CC12CCNC2. The number of amides is 1. The Morgan fingerprint density at radius 1 is 1.69 bits per heavy atom. The maximum absolute atomic E-state index is 11.8. The predicted octanol–water partition coefficient (Wildman–Crippen LogP) is 0.464. The molecule has 1 saturated heterocycles. The van der Waals surface area contributed by atoms with E-state index in [1.165, 1.54) is 6.42 Å². The average molecular weight is 182 g/mol. The summed E-state index contributed by atoms with van der Waals surface area (Å²) in [6.07, 6.45) is 2.31. The molecule has 1 amide bonds. The highest BCUT2D eigenvalue weighted by molar-refractivity contribution is 5.82. The van der Waals surface area contributed by atoms with E-state index in [9.17, 15) is 4.79 Å². The molecule has 0 aromatic heterocycles. The lowest BCUT2D eigenvalue weighted by Gasteiger charge is -2.16. The summed E-state index contributed by atoms with van der Waals surface area (Å²) in [6, 6.07) is 0. The van der Waals surface area contributed by atoms with E-state index in [2.05, 4.69) is 5.32 Å². The Morgan fingerprint density at radius 3 is 3.00 bits per heavy atom. The standard InChI is InChI=1S/C10H18N2O/c1-3-12(2)9(13)8-6-10(8)4-5-11-7-10/h8,11H,3-7H2,1-2H3. The maximum Gasteiger partial charge on any atom is 0.226 e. The molecule has 0 radical (unpaired) electrons. The van der Waals surface area contributed by atoms with Gasteiger partial charge in [0.1, 0.15) is 0 Å². The molecular weight excluding hydrogens is 164 g/mol. The number of rotatable bonds is 2. The van der Waals surface area contributed by atoms with E-state index >= 15 is 0 Å². The number of hydrogen-bond acceptors (Lipinski definition) is 2. The van der Waals surface area contributed by atoms with Crippen molar-refractivity contribution in [3.05, 3.63) is 0 Å². The van der Waals surface area contributed by atoms with Crippen LogP contribution < -0.4 is 5.32 Å². The number of nitrogens with one attached hydrogen (secondary N) is 1. The second-order valence-electron chi connectivity index (χ2n) is 4.40. The van der Waals surface area contributed by atoms with Gasteiger partial charge in [-0.25, -0.2) is 0 Å². The Kier molecular flexibility index (Phi) is 2.06. The van der Waals surface area contributed by atoms with Crippen LogP contribution in [0.25, 0.3) is 0 Å². The highest BCUT2D eigenvalue weighted by Crippen LogP contribution is 2.57. The first-order valence-electron chi connectivity index (χ1n) is 5.15. The van der Waals surface area contributed by atoms with Crippen molar-refractivity contribution in [3.8, 4) is 0 Å². The minimum atomic E-state index is 0.326.